The number of amides is 1. The van der Waals surface area contributed by atoms with Gasteiger partial charge in [0.25, 0.3) is 5.91 Å². The van der Waals surface area contributed by atoms with Crippen LogP contribution in [-0.2, 0) is 22.9 Å². The highest BCUT2D eigenvalue weighted by Gasteiger charge is 2.17. The SMILES string of the molecule is CCc1cccc(CC)c1NC(=O)c1ccc(N(C)S(=O)(=O)CC)cc1. The van der Waals surface area contributed by atoms with E-state index in [9.17, 15) is 13.2 Å². The van der Waals surface area contributed by atoms with Gasteiger partial charge in [-0.3, -0.25) is 9.10 Å². The molecule has 6 heteroatoms. The smallest absolute Gasteiger partial charge is 0.255 e. The summed E-state index contributed by atoms with van der Waals surface area (Å²) in [5.74, 6) is -0.174. The third kappa shape index (κ3) is 4.25. The lowest BCUT2D eigenvalue weighted by atomic mass is 10.0. The molecule has 0 aliphatic carbocycles. The van der Waals surface area contributed by atoms with Gasteiger partial charge >= 0.3 is 0 Å². The minimum Gasteiger partial charge on any atom is -0.321 e. The number of hydrogen-bond donors (Lipinski definition) is 1. The molecule has 140 valence electrons. The lowest BCUT2D eigenvalue weighted by Crippen LogP contribution is -2.28. The summed E-state index contributed by atoms with van der Waals surface area (Å²) in [6.45, 7) is 5.72. The zero-order chi connectivity index (χ0) is 19.3. The first-order valence-electron chi connectivity index (χ1n) is 8.82. The van der Waals surface area contributed by atoms with E-state index in [1.54, 1.807) is 31.2 Å². The number of hydrogen-bond acceptors (Lipinski definition) is 3. The summed E-state index contributed by atoms with van der Waals surface area (Å²) in [6, 6.07) is 12.6. The fraction of sp³-hybridized carbons (Fsp3) is 0.350. The van der Waals surface area contributed by atoms with Crippen molar-refractivity contribution in [1.82, 2.24) is 0 Å². The number of carbonyl (C=O) groups excluding carboxylic acids is 1. The average Bonchev–Trinajstić information content (AvgIpc) is 2.67. The minimum atomic E-state index is -3.32. The third-order valence-electron chi connectivity index (χ3n) is 4.51. The van der Waals surface area contributed by atoms with Crippen LogP contribution in [0.15, 0.2) is 42.5 Å². The highest BCUT2D eigenvalue weighted by molar-refractivity contribution is 7.92. The number of anilines is 2. The first-order chi connectivity index (χ1) is 12.3. The third-order valence-corrected chi connectivity index (χ3v) is 6.29. The Bertz CT molecular complexity index is 852. The van der Waals surface area contributed by atoms with Crippen molar-refractivity contribution in [2.45, 2.75) is 33.6 Å². The van der Waals surface area contributed by atoms with Crippen LogP contribution in [0.3, 0.4) is 0 Å². The number of para-hydroxylation sites is 1. The molecule has 0 saturated carbocycles. The van der Waals surface area contributed by atoms with Crippen LogP contribution < -0.4 is 9.62 Å². The number of rotatable bonds is 7. The molecule has 5 nitrogen and oxygen atoms in total. The maximum absolute atomic E-state index is 12.6. The number of carbonyl (C=O) groups is 1. The molecule has 2 aromatic rings. The first kappa shape index (κ1) is 20.0. The Kier molecular flexibility index (Phi) is 6.42. The molecule has 0 radical (unpaired) electrons. The molecule has 26 heavy (non-hydrogen) atoms. The first-order valence-corrected chi connectivity index (χ1v) is 10.4. The summed E-state index contributed by atoms with van der Waals surface area (Å²) in [4.78, 5) is 12.6. The standard InChI is InChI=1S/C20H26N2O3S/c1-5-15-9-8-10-16(6-2)19(15)21-20(23)17-11-13-18(14-12-17)22(4)26(24,25)7-3/h8-14H,5-7H2,1-4H3,(H,21,23). The largest absolute Gasteiger partial charge is 0.321 e. The van der Waals surface area contributed by atoms with E-state index in [2.05, 4.69) is 19.2 Å². The summed E-state index contributed by atoms with van der Waals surface area (Å²) in [5, 5.41) is 3.02. The molecular weight excluding hydrogens is 348 g/mol. The Morgan fingerprint density at radius 1 is 0.962 bits per heavy atom. The Morgan fingerprint density at radius 3 is 1.96 bits per heavy atom. The molecule has 0 saturated heterocycles. The van der Waals surface area contributed by atoms with Crippen molar-refractivity contribution in [2.24, 2.45) is 0 Å². The van der Waals surface area contributed by atoms with Crippen LogP contribution >= 0.6 is 0 Å². The molecule has 1 N–H and O–H groups in total. The fourth-order valence-corrected chi connectivity index (χ4v) is 3.60. The summed E-state index contributed by atoms with van der Waals surface area (Å²) in [6.07, 6.45) is 1.67. The molecule has 0 spiro atoms. The molecule has 0 fully saturated rings. The second-order valence-electron chi connectivity index (χ2n) is 6.03. The quantitative estimate of drug-likeness (QED) is 0.800. The second kappa shape index (κ2) is 8.36. The number of aryl methyl sites for hydroxylation is 2. The summed E-state index contributed by atoms with van der Waals surface area (Å²) in [5.41, 5.74) is 4.10. The summed E-state index contributed by atoms with van der Waals surface area (Å²) < 4.78 is 25.1. The predicted octanol–water partition coefficient (Wildman–Crippen LogP) is 3.85. The van der Waals surface area contributed by atoms with Crippen LogP contribution in [0.2, 0.25) is 0 Å². The number of nitrogens with zero attached hydrogens (tertiary/aromatic N) is 1. The lowest BCUT2D eigenvalue weighted by Gasteiger charge is -2.19. The van der Waals surface area contributed by atoms with Gasteiger partial charge in [0.15, 0.2) is 0 Å². The van der Waals surface area contributed by atoms with E-state index in [-0.39, 0.29) is 11.7 Å². The summed E-state index contributed by atoms with van der Waals surface area (Å²) >= 11 is 0. The molecular formula is C20H26N2O3S. The van der Waals surface area contributed by atoms with E-state index in [0.717, 1.165) is 29.7 Å². The van der Waals surface area contributed by atoms with Gasteiger partial charge in [0, 0.05) is 18.3 Å². The van der Waals surface area contributed by atoms with Gasteiger partial charge in [-0.15, -0.1) is 0 Å². The van der Waals surface area contributed by atoms with Gasteiger partial charge in [-0.2, -0.15) is 0 Å². The van der Waals surface area contributed by atoms with Crippen molar-refractivity contribution >= 4 is 27.3 Å². The van der Waals surface area contributed by atoms with Gasteiger partial charge < -0.3 is 5.32 Å². The molecule has 0 aliphatic rings. The van der Waals surface area contributed by atoms with E-state index < -0.39 is 10.0 Å². The van der Waals surface area contributed by atoms with Crippen LogP contribution in [-0.4, -0.2) is 27.1 Å². The summed E-state index contributed by atoms with van der Waals surface area (Å²) in [7, 11) is -1.81. The highest BCUT2D eigenvalue weighted by Crippen LogP contribution is 2.24. The van der Waals surface area contributed by atoms with Crippen molar-refractivity contribution in [2.75, 3.05) is 22.4 Å². The maximum Gasteiger partial charge on any atom is 0.255 e. The molecule has 0 heterocycles. The van der Waals surface area contributed by atoms with Gasteiger partial charge in [0.2, 0.25) is 10.0 Å². The zero-order valence-electron chi connectivity index (χ0n) is 15.7. The van der Waals surface area contributed by atoms with Crippen molar-refractivity contribution in [3.05, 3.63) is 59.2 Å². The minimum absolute atomic E-state index is 0.0271. The molecule has 0 aliphatic heterocycles. The molecule has 0 aromatic heterocycles. The van der Waals surface area contributed by atoms with Gasteiger partial charge in [-0.25, -0.2) is 8.42 Å². The van der Waals surface area contributed by atoms with Crippen LogP contribution in [0.5, 0.6) is 0 Å². The number of sulfonamides is 1. The normalized spacial score (nSPS) is 11.2. The topological polar surface area (TPSA) is 66.5 Å². The van der Waals surface area contributed by atoms with E-state index >= 15 is 0 Å². The Labute approximate surface area is 156 Å². The van der Waals surface area contributed by atoms with E-state index in [4.69, 9.17) is 0 Å². The molecule has 2 aromatic carbocycles. The van der Waals surface area contributed by atoms with Crippen molar-refractivity contribution < 1.29 is 13.2 Å². The van der Waals surface area contributed by atoms with Crippen molar-refractivity contribution in [3.8, 4) is 0 Å². The van der Waals surface area contributed by atoms with E-state index in [0.29, 0.717) is 11.3 Å². The maximum atomic E-state index is 12.6. The second-order valence-corrected chi connectivity index (χ2v) is 8.32. The average molecular weight is 375 g/mol. The van der Waals surface area contributed by atoms with Gasteiger partial charge in [0.1, 0.15) is 0 Å². The Morgan fingerprint density at radius 2 is 1.50 bits per heavy atom. The van der Waals surface area contributed by atoms with Gasteiger partial charge in [-0.1, -0.05) is 32.0 Å². The van der Waals surface area contributed by atoms with E-state index in [1.165, 1.54) is 11.4 Å². The van der Waals surface area contributed by atoms with E-state index in [1.807, 2.05) is 18.2 Å². The molecule has 2 rings (SSSR count). The number of nitrogens with one attached hydrogen (secondary N) is 1. The van der Waals surface area contributed by atoms with Crippen LogP contribution in [0.1, 0.15) is 42.3 Å². The zero-order valence-corrected chi connectivity index (χ0v) is 16.6. The van der Waals surface area contributed by atoms with Crippen LogP contribution in [0, 0.1) is 0 Å². The fourth-order valence-electron chi connectivity index (χ4n) is 2.77. The van der Waals surface area contributed by atoms with Crippen LogP contribution in [0.4, 0.5) is 11.4 Å². The number of benzene rings is 2. The molecule has 0 atom stereocenters. The Hall–Kier alpha value is -2.34. The van der Waals surface area contributed by atoms with Gasteiger partial charge in [-0.05, 0) is 55.2 Å². The lowest BCUT2D eigenvalue weighted by molar-refractivity contribution is 0.102. The van der Waals surface area contributed by atoms with Gasteiger partial charge in [0.05, 0.1) is 11.4 Å². The Balaban J connectivity index is 2.24. The van der Waals surface area contributed by atoms with Crippen LogP contribution in [0.25, 0.3) is 0 Å². The highest BCUT2D eigenvalue weighted by atomic mass is 32.2. The molecule has 0 bridgehead atoms. The molecule has 1 amide bonds. The van der Waals surface area contributed by atoms with Crippen molar-refractivity contribution in [1.29, 1.82) is 0 Å². The van der Waals surface area contributed by atoms with Crippen molar-refractivity contribution in [3.63, 3.8) is 0 Å². The predicted molar refractivity (Wildman–Crippen MR) is 107 cm³/mol. The molecule has 0 unspecified atom stereocenters. The monoisotopic (exact) mass is 374 g/mol.